The topological polar surface area (TPSA) is 48.4 Å². The zero-order chi connectivity index (χ0) is 25.1. The molecular formula is C29H31FN4O2. The van der Waals surface area contributed by atoms with E-state index in [0.717, 1.165) is 28.2 Å². The summed E-state index contributed by atoms with van der Waals surface area (Å²) in [4.78, 5) is 17.8. The maximum Gasteiger partial charge on any atom is 0.257 e. The van der Waals surface area contributed by atoms with Crippen LogP contribution in [0.25, 0.3) is 0 Å². The van der Waals surface area contributed by atoms with E-state index in [4.69, 9.17) is 9.84 Å². The van der Waals surface area contributed by atoms with Gasteiger partial charge in [-0.05, 0) is 42.3 Å². The van der Waals surface area contributed by atoms with Gasteiger partial charge in [-0.1, -0.05) is 48.5 Å². The Hall–Kier alpha value is -3.71. The summed E-state index contributed by atoms with van der Waals surface area (Å²) in [6.07, 6.45) is 0.644. The molecule has 186 valence electrons. The molecule has 1 amide bonds. The Bertz CT molecular complexity index is 1270. The van der Waals surface area contributed by atoms with Crippen molar-refractivity contribution in [2.24, 2.45) is 5.10 Å². The fourth-order valence-corrected chi connectivity index (χ4v) is 5.04. The van der Waals surface area contributed by atoms with Crippen LogP contribution in [0.15, 0.2) is 77.9 Å². The fraction of sp³-hybridized carbons (Fsp3) is 0.310. The lowest BCUT2D eigenvalue weighted by molar-refractivity contribution is -0.134. The highest BCUT2D eigenvalue weighted by molar-refractivity contribution is 6.03. The number of para-hydroxylation sites is 1. The van der Waals surface area contributed by atoms with E-state index in [1.807, 2.05) is 53.4 Å². The molecular weight excluding hydrogens is 455 g/mol. The largest absolute Gasteiger partial charge is 0.497 e. The number of hydrogen-bond acceptors (Lipinski definition) is 5. The third-order valence-electron chi connectivity index (χ3n) is 7.04. The Morgan fingerprint density at radius 3 is 2.50 bits per heavy atom. The van der Waals surface area contributed by atoms with Crippen LogP contribution in [0, 0.1) is 12.7 Å². The molecule has 3 aromatic rings. The van der Waals surface area contributed by atoms with Gasteiger partial charge in [0.05, 0.1) is 31.1 Å². The first kappa shape index (κ1) is 24.0. The highest BCUT2D eigenvalue weighted by Gasteiger charge is 2.35. The van der Waals surface area contributed by atoms with E-state index in [1.54, 1.807) is 18.2 Å². The zero-order valence-corrected chi connectivity index (χ0v) is 20.7. The zero-order valence-electron chi connectivity index (χ0n) is 20.7. The predicted octanol–water partition coefficient (Wildman–Crippen LogP) is 4.64. The third kappa shape index (κ3) is 4.97. The van der Waals surface area contributed by atoms with Gasteiger partial charge in [0.2, 0.25) is 0 Å². The van der Waals surface area contributed by atoms with Crippen molar-refractivity contribution in [3.8, 4) is 5.75 Å². The number of rotatable bonds is 6. The minimum absolute atomic E-state index is 0.0273. The van der Waals surface area contributed by atoms with Crippen molar-refractivity contribution in [2.45, 2.75) is 19.4 Å². The van der Waals surface area contributed by atoms with Gasteiger partial charge in [0, 0.05) is 38.2 Å². The van der Waals surface area contributed by atoms with E-state index in [2.05, 4.69) is 24.0 Å². The predicted molar refractivity (Wildman–Crippen MR) is 140 cm³/mol. The molecule has 1 saturated heterocycles. The van der Waals surface area contributed by atoms with Crippen LogP contribution in [-0.4, -0.2) is 61.4 Å². The molecule has 3 aromatic carbocycles. The van der Waals surface area contributed by atoms with Crippen LogP contribution in [0.2, 0.25) is 0 Å². The summed E-state index contributed by atoms with van der Waals surface area (Å²) in [6.45, 7) is 5.08. The van der Waals surface area contributed by atoms with E-state index >= 15 is 0 Å². The highest BCUT2D eigenvalue weighted by Crippen LogP contribution is 2.35. The summed E-state index contributed by atoms with van der Waals surface area (Å²) in [5.74, 6) is 0.528. The van der Waals surface area contributed by atoms with Gasteiger partial charge in [0.1, 0.15) is 11.6 Å². The molecule has 0 aliphatic carbocycles. The number of hydrazone groups is 1. The van der Waals surface area contributed by atoms with Gasteiger partial charge in [-0.25, -0.2) is 9.40 Å². The number of methoxy groups -OCH3 is 1. The van der Waals surface area contributed by atoms with E-state index in [0.29, 0.717) is 38.3 Å². The maximum absolute atomic E-state index is 14.2. The van der Waals surface area contributed by atoms with Gasteiger partial charge in [-0.2, -0.15) is 5.10 Å². The average molecular weight is 487 g/mol. The summed E-state index contributed by atoms with van der Waals surface area (Å²) in [6, 6.07) is 22.7. The quantitative estimate of drug-likeness (QED) is 0.509. The van der Waals surface area contributed by atoms with Crippen LogP contribution >= 0.6 is 0 Å². The number of piperazine rings is 1. The highest BCUT2D eigenvalue weighted by atomic mass is 19.1. The number of amides is 1. The van der Waals surface area contributed by atoms with Gasteiger partial charge in [0.15, 0.2) is 0 Å². The number of anilines is 1. The van der Waals surface area contributed by atoms with Gasteiger partial charge in [0.25, 0.3) is 5.91 Å². The standard InChI is InChI=1S/C29H31FN4O2/c1-21-8-3-4-11-24(21)28-19-26(22-9-7-10-23(18-22)36-2)31-34(28)29(35)20-32-14-16-33(17-15-32)27-13-6-5-12-25(27)30/h3-13,18,28H,14-17,19-20H2,1-2H3/t28-/m1/s1. The second-order valence-corrected chi connectivity index (χ2v) is 9.31. The van der Waals surface area contributed by atoms with Crippen molar-refractivity contribution in [1.29, 1.82) is 0 Å². The van der Waals surface area contributed by atoms with Crippen LogP contribution in [0.1, 0.15) is 29.2 Å². The summed E-state index contributed by atoms with van der Waals surface area (Å²) < 4.78 is 19.6. The molecule has 2 heterocycles. The van der Waals surface area contributed by atoms with Gasteiger partial charge < -0.3 is 9.64 Å². The SMILES string of the molecule is COc1cccc(C2=NN(C(=O)CN3CCN(c4ccccc4F)CC3)[C@@H](c3ccccc3C)C2)c1. The Labute approximate surface area is 211 Å². The van der Waals surface area contributed by atoms with E-state index < -0.39 is 0 Å². The number of halogens is 1. The molecule has 0 aromatic heterocycles. The molecule has 7 heteroatoms. The molecule has 0 saturated carbocycles. The first-order valence-corrected chi connectivity index (χ1v) is 12.3. The normalized spacial score (nSPS) is 18.3. The van der Waals surface area contributed by atoms with Gasteiger partial charge >= 0.3 is 0 Å². The molecule has 1 fully saturated rings. The van der Waals surface area contributed by atoms with Crippen molar-refractivity contribution in [2.75, 3.05) is 44.7 Å². The minimum Gasteiger partial charge on any atom is -0.497 e. The molecule has 36 heavy (non-hydrogen) atoms. The number of aryl methyl sites for hydroxylation is 1. The number of benzene rings is 3. The second-order valence-electron chi connectivity index (χ2n) is 9.31. The van der Waals surface area contributed by atoms with Gasteiger partial charge in [-0.15, -0.1) is 0 Å². The number of nitrogens with zero attached hydrogens (tertiary/aromatic N) is 4. The van der Waals surface area contributed by atoms with Crippen molar-refractivity contribution in [1.82, 2.24) is 9.91 Å². The Kier molecular flexibility index (Phi) is 7.00. The molecule has 0 spiro atoms. The summed E-state index contributed by atoms with van der Waals surface area (Å²) in [5.41, 5.74) is 4.70. The van der Waals surface area contributed by atoms with E-state index in [-0.39, 0.29) is 24.3 Å². The van der Waals surface area contributed by atoms with Crippen molar-refractivity contribution in [3.63, 3.8) is 0 Å². The molecule has 0 unspecified atom stereocenters. The van der Waals surface area contributed by atoms with Crippen LogP contribution in [0.5, 0.6) is 5.75 Å². The first-order chi connectivity index (χ1) is 17.5. The molecule has 1 atom stereocenters. The minimum atomic E-state index is -0.209. The van der Waals surface area contributed by atoms with Crippen molar-refractivity contribution < 1.29 is 13.9 Å². The summed E-state index contributed by atoms with van der Waals surface area (Å²) in [7, 11) is 1.65. The smallest absolute Gasteiger partial charge is 0.257 e. The number of carbonyl (C=O) groups is 1. The lowest BCUT2D eigenvalue weighted by Gasteiger charge is -2.36. The van der Waals surface area contributed by atoms with Crippen molar-refractivity contribution in [3.05, 3.63) is 95.3 Å². The molecule has 6 nitrogen and oxygen atoms in total. The number of hydrogen-bond donors (Lipinski definition) is 0. The molecule has 0 N–H and O–H groups in total. The lowest BCUT2D eigenvalue weighted by atomic mass is 9.95. The fourth-order valence-electron chi connectivity index (χ4n) is 5.04. The van der Waals surface area contributed by atoms with E-state index in [1.165, 1.54) is 6.07 Å². The summed E-state index contributed by atoms with van der Waals surface area (Å²) in [5, 5.41) is 6.50. The van der Waals surface area contributed by atoms with Crippen LogP contribution in [0.3, 0.4) is 0 Å². The van der Waals surface area contributed by atoms with E-state index in [9.17, 15) is 9.18 Å². The summed E-state index contributed by atoms with van der Waals surface area (Å²) >= 11 is 0. The second kappa shape index (κ2) is 10.5. The lowest BCUT2D eigenvalue weighted by Crippen LogP contribution is -2.49. The molecule has 2 aliphatic rings. The number of ether oxygens (including phenoxy) is 1. The molecule has 0 bridgehead atoms. The monoisotopic (exact) mass is 486 g/mol. The Morgan fingerprint density at radius 1 is 1.00 bits per heavy atom. The van der Waals surface area contributed by atoms with Gasteiger partial charge in [-0.3, -0.25) is 9.69 Å². The molecule has 5 rings (SSSR count). The van der Waals surface area contributed by atoms with Crippen LogP contribution in [0.4, 0.5) is 10.1 Å². The maximum atomic E-state index is 14.2. The Balaban J connectivity index is 1.33. The van der Waals surface area contributed by atoms with Crippen LogP contribution < -0.4 is 9.64 Å². The Morgan fingerprint density at radius 2 is 1.75 bits per heavy atom. The van der Waals surface area contributed by atoms with Crippen LogP contribution in [-0.2, 0) is 4.79 Å². The van der Waals surface area contributed by atoms with Crippen molar-refractivity contribution >= 4 is 17.3 Å². The first-order valence-electron chi connectivity index (χ1n) is 12.3. The molecule has 2 aliphatic heterocycles. The third-order valence-corrected chi connectivity index (χ3v) is 7.04. The average Bonchev–Trinajstić information content (AvgIpc) is 3.35. The number of carbonyl (C=O) groups excluding carboxylic acids is 1. The molecule has 0 radical (unpaired) electrons.